The van der Waals surface area contributed by atoms with E-state index in [-0.39, 0.29) is 6.04 Å². The first-order valence-corrected chi connectivity index (χ1v) is 8.26. The Morgan fingerprint density at radius 3 is 2.61 bits per heavy atom. The number of carbonyl (C=O) groups is 1. The van der Waals surface area contributed by atoms with E-state index in [0.29, 0.717) is 6.42 Å². The predicted octanol–water partition coefficient (Wildman–Crippen LogP) is 3.62. The Hall–Kier alpha value is -2.11. The zero-order valence-corrected chi connectivity index (χ0v) is 13.8. The zero-order chi connectivity index (χ0) is 16.0. The van der Waals surface area contributed by atoms with Crippen LogP contribution in [-0.2, 0) is 11.2 Å². The first kappa shape index (κ1) is 14.5. The monoisotopic (exact) mass is 370 g/mol. The van der Waals surface area contributed by atoms with Crippen molar-refractivity contribution < 1.29 is 9.90 Å². The van der Waals surface area contributed by atoms with Crippen LogP contribution in [0.1, 0.15) is 22.9 Å². The molecule has 1 aromatic heterocycles. The lowest BCUT2D eigenvalue weighted by atomic mass is 9.90. The lowest BCUT2D eigenvalue weighted by Crippen LogP contribution is -2.44. The van der Waals surface area contributed by atoms with Crippen molar-refractivity contribution in [2.45, 2.75) is 18.5 Å². The summed E-state index contributed by atoms with van der Waals surface area (Å²) >= 11 is 3.44. The summed E-state index contributed by atoms with van der Waals surface area (Å²) in [7, 11) is 0. The number of rotatable bonds is 2. The summed E-state index contributed by atoms with van der Waals surface area (Å²) in [6.07, 6.45) is 0.488. The van der Waals surface area contributed by atoms with Crippen molar-refractivity contribution in [3.63, 3.8) is 0 Å². The number of nitrogens with one attached hydrogen (secondary N) is 2. The van der Waals surface area contributed by atoms with E-state index in [0.717, 1.165) is 32.2 Å². The van der Waals surface area contributed by atoms with Gasteiger partial charge in [-0.25, -0.2) is 0 Å². The minimum absolute atomic E-state index is 0.152. The fourth-order valence-corrected chi connectivity index (χ4v) is 3.58. The molecule has 5 heteroatoms. The Labute approximate surface area is 141 Å². The molecule has 2 heterocycles. The Balaban J connectivity index is 1.89. The summed E-state index contributed by atoms with van der Waals surface area (Å²) in [5.74, 6) is -0.817. The second-order valence-electron chi connectivity index (χ2n) is 5.81. The van der Waals surface area contributed by atoms with E-state index in [1.807, 2.05) is 48.5 Å². The van der Waals surface area contributed by atoms with Gasteiger partial charge < -0.3 is 10.1 Å². The number of hydrogen-bond acceptors (Lipinski definition) is 2. The number of carboxylic acids is 1. The number of benzene rings is 2. The van der Waals surface area contributed by atoms with Gasteiger partial charge in [0.15, 0.2) is 0 Å². The van der Waals surface area contributed by atoms with Crippen LogP contribution in [0.4, 0.5) is 0 Å². The molecule has 0 radical (unpaired) electrons. The van der Waals surface area contributed by atoms with Gasteiger partial charge in [-0.1, -0.05) is 46.3 Å². The molecule has 4 nitrogen and oxygen atoms in total. The highest BCUT2D eigenvalue weighted by molar-refractivity contribution is 9.10. The molecule has 1 aliphatic heterocycles. The Morgan fingerprint density at radius 2 is 1.87 bits per heavy atom. The van der Waals surface area contributed by atoms with Crippen molar-refractivity contribution in [1.29, 1.82) is 0 Å². The van der Waals surface area contributed by atoms with Gasteiger partial charge in [0.05, 0.1) is 6.04 Å². The van der Waals surface area contributed by atoms with Gasteiger partial charge in [0, 0.05) is 27.5 Å². The quantitative estimate of drug-likeness (QED) is 0.645. The van der Waals surface area contributed by atoms with Crippen LogP contribution < -0.4 is 5.32 Å². The molecular weight excluding hydrogens is 356 g/mol. The van der Waals surface area contributed by atoms with Crippen LogP contribution in [0.3, 0.4) is 0 Å². The largest absolute Gasteiger partial charge is 0.480 e. The number of para-hydroxylation sites is 1. The summed E-state index contributed by atoms with van der Waals surface area (Å²) < 4.78 is 1.00. The first-order chi connectivity index (χ1) is 11.1. The number of halogens is 1. The third-order valence-electron chi connectivity index (χ3n) is 4.41. The highest BCUT2D eigenvalue weighted by Gasteiger charge is 2.33. The van der Waals surface area contributed by atoms with Gasteiger partial charge >= 0.3 is 5.97 Å². The van der Waals surface area contributed by atoms with Crippen LogP contribution in [0.25, 0.3) is 10.9 Å². The van der Waals surface area contributed by atoms with Gasteiger partial charge in [0.25, 0.3) is 0 Å². The molecule has 0 spiro atoms. The topological polar surface area (TPSA) is 65.1 Å². The number of H-pyrrole nitrogens is 1. The Morgan fingerprint density at radius 1 is 1.13 bits per heavy atom. The van der Waals surface area contributed by atoms with Crippen molar-refractivity contribution in [1.82, 2.24) is 10.3 Å². The molecule has 0 saturated carbocycles. The second-order valence-corrected chi connectivity index (χ2v) is 6.72. The Kier molecular flexibility index (Phi) is 3.47. The minimum atomic E-state index is -0.817. The van der Waals surface area contributed by atoms with Crippen molar-refractivity contribution >= 4 is 32.8 Å². The van der Waals surface area contributed by atoms with E-state index in [2.05, 4.69) is 26.2 Å². The minimum Gasteiger partial charge on any atom is -0.480 e. The van der Waals surface area contributed by atoms with E-state index in [9.17, 15) is 9.90 Å². The van der Waals surface area contributed by atoms with E-state index in [4.69, 9.17) is 0 Å². The number of aromatic amines is 1. The van der Waals surface area contributed by atoms with Crippen LogP contribution >= 0.6 is 15.9 Å². The van der Waals surface area contributed by atoms with Gasteiger partial charge in [0.1, 0.15) is 6.04 Å². The van der Waals surface area contributed by atoms with Gasteiger partial charge in [-0.15, -0.1) is 0 Å². The molecule has 3 aromatic rings. The highest BCUT2D eigenvalue weighted by Crippen LogP contribution is 2.35. The maximum absolute atomic E-state index is 11.6. The third-order valence-corrected chi connectivity index (χ3v) is 4.94. The van der Waals surface area contributed by atoms with Crippen LogP contribution in [-0.4, -0.2) is 22.1 Å². The van der Waals surface area contributed by atoms with E-state index >= 15 is 0 Å². The standard InChI is InChI=1S/C18H15BrN2O2/c19-11-7-5-10(6-8-11)16-17-13(9-15(21-16)18(22)23)12-3-1-2-4-14(12)20-17/h1-8,15-16,20-21H,9H2,(H,22,23)/t15-,16+/m1/s1. The third kappa shape index (κ3) is 2.46. The highest BCUT2D eigenvalue weighted by atomic mass is 79.9. The fraction of sp³-hybridized carbons (Fsp3) is 0.167. The average Bonchev–Trinajstić information content (AvgIpc) is 2.93. The van der Waals surface area contributed by atoms with Gasteiger partial charge in [-0.05, 0) is 29.3 Å². The lowest BCUT2D eigenvalue weighted by Gasteiger charge is -2.29. The molecule has 0 saturated heterocycles. The van der Waals surface area contributed by atoms with Crippen LogP contribution in [0.15, 0.2) is 53.0 Å². The van der Waals surface area contributed by atoms with E-state index in [1.165, 1.54) is 0 Å². The average molecular weight is 371 g/mol. The first-order valence-electron chi connectivity index (χ1n) is 7.47. The molecule has 2 atom stereocenters. The summed E-state index contributed by atoms with van der Waals surface area (Å²) in [5.41, 5.74) is 4.25. The number of carboxylic acid groups (broad SMARTS) is 1. The molecule has 0 aliphatic carbocycles. The predicted molar refractivity (Wildman–Crippen MR) is 92.5 cm³/mol. The summed E-state index contributed by atoms with van der Waals surface area (Å²) in [5, 5.41) is 13.9. The van der Waals surface area contributed by atoms with Crippen molar-refractivity contribution in [2.24, 2.45) is 0 Å². The van der Waals surface area contributed by atoms with Crippen molar-refractivity contribution in [3.05, 3.63) is 69.8 Å². The molecule has 0 amide bonds. The number of aromatic nitrogens is 1. The van der Waals surface area contributed by atoms with Gasteiger partial charge in [0.2, 0.25) is 0 Å². The molecule has 4 rings (SSSR count). The normalized spacial score (nSPS) is 20.4. The SMILES string of the molecule is O=C(O)[C@H]1Cc2c([nH]c3ccccc23)[C@H](c2ccc(Br)cc2)N1. The second kappa shape index (κ2) is 5.51. The fourth-order valence-electron chi connectivity index (χ4n) is 3.31. The maximum Gasteiger partial charge on any atom is 0.321 e. The molecule has 3 N–H and O–H groups in total. The van der Waals surface area contributed by atoms with E-state index in [1.54, 1.807) is 0 Å². The molecule has 2 aromatic carbocycles. The van der Waals surface area contributed by atoms with Crippen LogP contribution in [0, 0.1) is 0 Å². The number of fused-ring (bicyclic) bond motifs is 3. The molecule has 0 unspecified atom stereocenters. The molecular formula is C18H15BrN2O2. The summed E-state index contributed by atoms with van der Waals surface area (Å²) in [6.45, 7) is 0. The molecule has 23 heavy (non-hydrogen) atoms. The molecule has 1 aliphatic rings. The summed E-state index contributed by atoms with van der Waals surface area (Å²) in [4.78, 5) is 15.0. The smallest absolute Gasteiger partial charge is 0.321 e. The van der Waals surface area contributed by atoms with Crippen molar-refractivity contribution in [3.8, 4) is 0 Å². The molecule has 0 fully saturated rings. The Bertz CT molecular complexity index is 886. The van der Waals surface area contributed by atoms with E-state index < -0.39 is 12.0 Å². The molecule has 116 valence electrons. The number of aliphatic carboxylic acids is 1. The van der Waals surface area contributed by atoms with Crippen molar-refractivity contribution in [2.75, 3.05) is 0 Å². The maximum atomic E-state index is 11.6. The number of hydrogen-bond donors (Lipinski definition) is 3. The van der Waals surface area contributed by atoms with Crippen LogP contribution in [0.2, 0.25) is 0 Å². The summed E-state index contributed by atoms with van der Waals surface area (Å²) in [6, 6.07) is 15.3. The molecule has 0 bridgehead atoms. The van der Waals surface area contributed by atoms with Crippen LogP contribution in [0.5, 0.6) is 0 Å². The lowest BCUT2D eigenvalue weighted by molar-refractivity contribution is -0.139. The van der Waals surface area contributed by atoms with Gasteiger partial charge in [-0.3, -0.25) is 10.1 Å². The zero-order valence-electron chi connectivity index (χ0n) is 12.2. The van der Waals surface area contributed by atoms with Gasteiger partial charge in [-0.2, -0.15) is 0 Å².